The summed E-state index contributed by atoms with van der Waals surface area (Å²) in [7, 11) is 0. The summed E-state index contributed by atoms with van der Waals surface area (Å²) in [6, 6.07) is 24.8. The van der Waals surface area contributed by atoms with Crippen LogP contribution < -0.4 is 10.1 Å². The third-order valence-electron chi connectivity index (χ3n) is 5.65. The van der Waals surface area contributed by atoms with Gasteiger partial charge in [0.1, 0.15) is 11.8 Å². The van der Waals surface area contributed by atoms with E-state index in [9.17, 15) is 9.59 Å². The van der Waals surface area contributed by atoms with Crippen molar-refractivity contribution in [3.63, 3.8) is 0 Å². The standard InChI is InChI=1S/C29H34N2O3/c1-4-17-30-29(33)27(19-24-10-6-5-7-11-24)31(20-25-15-13-22(2)14-16-25)28(32)21-34-26-12-8-9-23(3)18-26/h5-16,18,27H,4,17,19-21H2,1-3H3,(H,30,33)/t27-/m0/s1. The number of hydrogen-bond acceptors (Lipinski definition) is 3. The van der Waals surface area contributed by atoms with Crippen molar-refractivity contribution in [2.75, 3.05) is 13.2 Å². The fourth-order valence-corrected chi connectivity index (χ4v) is 3.74. The summed E-state index contributed by atoms with van der Waals surface area (Å²) < 4.78 is 5.82. The lowest BCUT2D eigenvalue weighted by Gasteiger charge is -2.31. The highest BCUT2D eigenvalue weighted by Gasteiger charge is 2.30. The van der Waals surface area contributed by atoms with E-state index in [0.29, 0.717) is 25.3 Å². The maximum Gasteiger partial charge on any atom is 0.261 e. The number of nitrogens with one attached hydrogen (secondary N) is 1. The van der Waals surface area contributed by atoms with Crippen molar-refractivity contribution in [3.8, 4) is 5.75 Å². The number of benzene rings is 3. The van der Waals surface area contributed by atoms with E-state index in [-0.39, 0.29) is 18.4 Å². The van der Waals surface area contributed by atoms with Crippen LogP contribution in [0.2, 0.25) is 0 Å². The van der Waals surface area contributed by atoms with Crippen LogP contribution in [-0.2, 0) is 22.6 Å². The molecular weight excluding hydrogens is 424 g/mol. The highest BCUT2D eigenvalue weighted by atomic mass is 16.5. The van der Waals surface area contributed by atoms with E-state index >= 15 is 0 Å². The van der Waals surface area contributed by atoms with Crippen LogP contribution in [0, 0.1) is 13.8 Å². The number of ether oxygens (including phenoxy) is 1. The van der Waals surface area contributed by atoms with Crippen LogP contribution >= 0.6 is 0 Å². The quantitative estimate of drug-likeness (QED) is 0.447. The molecule has 0 spiro atoms. The number of carbonyl (C=O) groups is 2. The molecule has 0 fully saturated rings. The molecule has 0 aliphatic rings. The van der Waals surface area contributed by atoms with E-state index in [2.05, 4.69) is 5.32 Å². The van der Waals surface area contributed by atoms with Crippen molar-refractivity contribution >= 4 is 11.8 Å². The second-order valence-electron chi connectivity index (χ2n) is 8.61. The van der Waals surface area contributed by atoms with E-state index in [1.807, 2.05) is 99.6 Å². The lowest BCUT2D eigenvalue weighted by atomic mass is 10.0. The number of hydrogen-bond donors (Lipinski definition) is 1. The van der Waals surface area contributed by atoms with Crippen LogP contribution in [0.5, 0.6) is 5.75 Å². The molecule has 178 valence electrons. The average Bonchev–Trinajstić information content (AvgIpc) is 2.85. The Kier molecular flexibility index (Phi) is 9.27. The minimum Gasteiger partial charge on any atom is -0.484 e. The monoisotopic (exact) mass is 458 g/mol. The first-order valence-corrected chi connectivity index (χ1v) is 11.8. The summed E-state index contributed by atoms with van der Waals surface area (Å²) in [6.07, 6.45) is 1.25. The first kappa shape index (κ1) is 25.0. The van der Waals surface area contributed by atoms with Gasteiger partial charge in [-0.1, -0.05) is 79.2 Å². The van der Waals surface area contributed by atoms with Crippen molar-refractivity contribution in [3.05, 3.63) is 101 Å². The van der Waals surface area contributed by atoms with Gasteiger partial charge in [0.2, 0.25) is 5.91 Å². The zero-order valence-corrected chi connectivity index (χ0v) is 20.3. The molecule has 5 nitrogen and oxygen atoms in total. The van der Waals surface area contributed by atoms with E-state index in [1.54, 1.807) is 4.90 Å². The Morgan fingerprint density at radius 2 is 1.62 bits per heavy atom. The molecule has 0 saturated carbocycles. The Balaban J connectivity index is 1.88. The number of nitrogens with zero attached hydrogens (tertiary/aromatic N) is 1. The fourth-order valence-electron chi connectivity index (χ4n) is 3.74. The Hall–Kier alpha value is -3.60. The van der Waals surface area contributed by atoms with Gasteiger partial charge in [-0.2, -0.15) is 0 Å². The topological polar surface area (TPSA) is 58.6 Å². The molecule has 3 aromatic carbocycles. The van der Waals surface area contributed by atoms with Gasteiger partial charge in [-0.05, 0) is 49.1 Å². The molecule has 0 radical (unpaired) electrons. The summed E-state index contributed by atoms with van der Waals surface area (Å²) in [5, 5.41) is 2.99. The van der Waals surface area contributed by atoms with Gasteiger partial charge >= 0.3 is 0 Å². The summed E-state index contributed by atoms with van der Waals surface area (Å²) in [5.74, 6) is 0.259. The van der Waals surface area contributed by atoms with Crippen molar-refractivity contribution in [2.24, 2.45) is 0 Å². The maximum atomic E-state index is 13.5. The molecule has 0 unspecified atom stereocenters. The van der Waals surface area contributed by atoms with E-state index < -0.39 is 6.04 Å². The molecule has 1 atom stereocenters. The number of amides is 2. The lowest BCUT2D eigenvalue weighted by Crippen LogP contribution is -2.51. The molecule has 1 N–H and O–H groups in total. The van der Waals surface area contributed by atoms with Crippen molar-refractivity contribution in [1.82, 2.24) is 10.2 Å². The van der Waals surface area contributed by atoms with Gasteiger partial charge in [0, 0.05) is 19.5 Å². The summed E-state index contributed by atoms with van der Waals surface area (Å²) in [5.41, 5.74) is 4.17. The number of aryl methyl sites for hydroxylation is 2. The molecule has 3 aromatic rings. The normalized spacial score (nSPS) is 11.5. The van der Waals surface area contributed by atoms with Crippen LogP contribution in [-0.4, -0.2) is 35.9 Å². The zero-order chi connectivity index (χ0) is 24.3. The van der Waals surface area contributed by atoms with Gasteiger partial charge in [-0.25, -0.2) is 0 Å². The van der Waals surface area contributed by atoms with Crippen LogP contribution in [0.4, 0.5) is 0 Å². The van der Waals surface area contributed by atoms with E-state index in [1.165, 1.54) is 0 Å². The van der Waals surface area contributed by atoms with Gasteiger partial charge in [-0.3, -0.25) is 9.59 Å². The van der Waals surface area contributed by atoms with Gasteiger partial charge in [-0.15, -0.1) is 0 Å². The molecular formula is C29H34N2O3. The SMILES string of the molecule is CCCNC(=O)[C@H](Cc1ccccc1)N(Cc1ccc(C)cc1)C(=O)COc1cccc(C)c1. The third kappa shape index (κ3) is 7.48. The minimum atomic E-state index is -0.649. The molecule has 0 saturated heterocycles. The van der Waals surface area contributed by atoms with Crippen molar-refractivity contribution in [1.29, 1.82) is 0 Å². The van der Waals surface area contributed by atoms with Crippen LogP contribution in [0.15, 0.2) is 78.9 Å². The van der Waals surface area contributed by atoms with Crippen LogP contribution in [0.25, 0.3) is 0 Å². The average molecular weight is 459 g/mol. The molecule has 0 aromatic heterocycles. The largest absolute Gasteiger partial charge is 0.484 e. The molecule has 34 heavy (non-hydrogen) atoms. The molecule has 0 aliphatic carbocycles. The van der Waals surface area contributed by atoms with Crippen molar-refractivity contribution < 1.29 is 14.3 Å². The summed E-state index contributed by atoms with van der Waals surface area (Å²) in [6.45, 7) is 6.77. The van der Waals surface area contributed by atoms with Gasteiger partial charge in [0.15, 0.2) is 6.61 Å². The van der Waals surface area contributed by atoms with Crippen LogP contribution in [0.1, 0.15) is 35.6 Å². The molecule has 0 bridgehead atoms. The summed E-state index contributed by atoms with van der Waals surface area (Å²) in [4.78, 5) is 28.4. The predicted molar refractivity (Wildman–Crippen MR) is 136 cm³/mol. The Morgan fingerprint density at radius 3 is 2.29 bits per heavy atom. The Morgan fingerprint density at radius 1 is 0.882 bits per heavy atom. The highest BCUT2D eigenvalue weighted by Crippen LogP contribution is 2.17. The highest BCUT2D eigenvalue weighted by molar-refractivity contribution is 5.88. The van der Waals surface area contributed by atoms with E-state index in [0.717, 1.165) is 28.7 Å². The fraction of sp³-hybridized carbons (Fsp3) is 0.310. The van der Waals surface area contributed by atoms with Gasteiger partial charge in [0.25, 0.3) is 5.91 Å². The second kappa shape index (κ2) is 12.6. The first-order valence-electron chi connectivity index (χ1n) is 11.8. The van der Waals surface area contributed by atoms with E-state index in [4.69, 9.17) is 4.74 Å². The Labute approximate surface area is 202 Å². The first-order chi connectivity index (χ1) is 16.5. The lowest BCUT2D eigenvalue weighted by molar-refractivity contribution is -0.142. The predicted octanol–water partition coefficient (Wildman–Crippen LogP) is 4.85. The van der Waals surface area contributed by atoms with Gasteiger partial charge < -0.3 is 15.0 Å². The smallest absolute Gasteiger partial charge is 0.261 e. The van der Waals surface area contributed by atoms with Crippen molar-refractivity contribution in [2.45, 2.75) is 46.2 Å². The molecule has 0 aliphatic heterocycles. The van der Waals surface area contributed by atoms with Crippen LogP contribution in [0.3, 0.4) is 0 Å². The second-order valence-corrected chi connectivity index (χ2v) is 8.61. The molecule has 0 heterocycles. The number of carbonyl (C=O) groups excluding carboxylic acids is 2. The maximum absolute atomic E-state index is 13.5. The number of rotatable bonds is 11. The van der Waals surface area contributed by atoms with Gasteiger partial charge in [0.05, 0.1) is 0 Å². The summed E-state index contributed by atoms with van der Waals surface area (Å²) >= 11 is 0. The molecule has 5 heteroatoms. The zero-order valence-electron chi connectivity index (χ0n) is 20.3. The Bertz CT molecular complexity index is 1060. The minimum absolute atomic E-state index is 0.137. The molecule has 3 rings (SSSR count). The molecule has 2 amide bonds. The third-order valence-corrected chi connectivity index (χ3v) is 5.65.